The number of rotatable bonds is 7. The van der Waals surface area contributed by atoms with Gasteiger partial charge in [-0.25, -0.2) is 0 Å². The summed E-state index contributed by atoms with van der Waals surface area (Å²) in [5.74, 6) is 0.593. The number of thiocarbonyl (C=S) groups is 1. The summed E-state index contributed by atoms with van der Waals surface area (Å²) in [5.41, 5.74) is 5.16. The molecule has 0 saturated carbocycles. The first-order valence-corrected chi connectivity index (χ1v) is 9.22. The number of anilines is 1. The van der Waals surface area contributed by atoms with Crippen molar-refractivity contribution in [1.29, 1.82) is 0 Å². The van der Waals surface area contributed by atoms with Crippen molar-refractivity contribution >= 4 is 23.0 Å². The predicted octanol–water partition coefficient (Wildman–Crippen LogP) is 5.29. The molecular weight excluding hydrogens is 312 g/mol. The second-order valence-corrected chi connectivity index (χ2v) is 6.84. The molecule has 2 N–H and O–H groups in total. The number of nitrogens with one attached hydrogen (secondary N) is 2. The molecule has 0 atom stereocenters. The van der Waals surface area contributed by atoms with E-state index in [-0.39, 0.29) is 0 Å². The average molecular weight is 341 g/mol. The van der Waals surface area contributed by atoms with E-state index in [0.29, 0.717) is 11.0 Å². The van der Waals surface area contributed by atoms with Gasteiger partial charge in [-0.15, -0.1) is 0 Å². The lowest BCUT2D eigenvalue weighted by Crippen LogP contribution is -2.29. The van der Waals surface area contributed by atoms with E-state index in [1.54, 1.807) is 0 Å². The van der Waals surface area contributed by atoms with Gasteiger partial charge in [0.2, 0.25) is 0 Å². The zero-order chi connectivity index (χ0) is 17.4. The molecule has 2 nitrogen and oxygen atoms in total. The van der Waals surface area contributed by atoms with Crippen LogP contribution in [0.5, 0.6) is 0 Å². The summed E-state index contributed by atoms with van der Waals surface area (Å²) in [6.45, 7) is 7.49. The van der Waals surface area contributed by atoms with Crippen molar-refractivity contribution in [2.24, 2.45) is 0 Å². The van der Waals surface area contributed by atoms with Crippen LogP contribution in [0, 0.1) is 0 Å². The van der Waals surface area contributed by atoms with Crippen LogP contribution < -0.4 is 10.6 Å². The Balaban J connectivity index is 1.68. The Morgan fingerprint density at radius 1 is 0.958 bits per heavy atom. The molecule has 0 fully saturated rings. The van der Waals surface area contributed by atoms with Gasteiger partial charge in [0.15, 0.2) is 5.11 Å². The van der Waals surface area contributed by atoms with E-state index in [2.05, 4.69) is 79.9 Å². The maximum atomic E-state index is 5.35. The lowest BCUT2D eigenvalue weighted by atomic mass is 10.0. The van der Waals surface area contributed by atoms with Crippen molar-refractivity contribution in [3.05, 3.63) is 65.2 Å². The van der Waals surface area contributed by atoms with Crippen molar-refractivity contribution in [3.63, 3.8) is 0 Å². The van der Waals surface area contributed by atoms with Gasteiger partial charge in [-0.3, -0.25) is 0 Å². The highest BCUT2D eigenvalue weighted by molar-refractivity contribution is 7.80. The minimum atomic E-state index is 0.593. The molecule has 0 aliphatic carbocycles. The summed E-state index contributed by atoms with van der Waals surface area (Å²) < 4.78 is 0. The van der Waals surface area contributed by atoms with E-state index >= 15 is 0 Å². The van der Waals surface area contributed by atoms with Gasteiger partial charge in [-0.05, 0) is 66.2 Å². The van der Waals surface area contributed by atoms with Crippen molar-refractivity contribution < 1.29 is 0 Å². The Bertz CT molecular complexity index is 630. The molecule has 24 heavy (non-hydrogen) atoms. The molecule has 0 heterocycles. The Morgan fingerprint density at radius 3 is 2.17 bits per heavy atom. The SMILES string of the molecule is CCc1ccc(NC(=S)NCCCc2ccc(C(C)C)cc2)cc1. The number of benzene rings is 2. The molecular formula is C21H28N2S. The monoisotopic (exact) mass is 340 g/mol. The Hall–Kier alpha value is -1.87. The third kappa shape index (κ3) is 5.97. The smallest absolute Gasteiger partial charge is 0.170 e. The first-order valence-electron chi connectivity index (χ1n) is 8.81. The fourth-order valence-electron chi connectivity index (χ4n) is 2.56. The van der Waals surface area contributed by atoms with E-state index in [1.165, 1.54) is 16.7 Å². The molecule has 128 valence electrons. The summed E-state index contributed by atoms with van der Waals surface area (Å²) in [4.78, 5) is 0. The predicted molar refractivity (Wildman–Crippen MR) is 109 cm³/mol. The molecule has 0 radical (unpaired) electrons. The summed E-state index contributed by atoms with van der Waals surface area (Å²) >= 11 is 5.35. The molecule has 0 unspecified atom stereocenters. The van der Waals surface area contributed by atoms with Crippen molar-refractivity contribution in [1.82, 2.24) is 5.32 Å². The van der Waals surface area contributed by atoms with Crippen LogP contribution in [0.3, 0.4) is 0 Å². The standard InChI is InChI=1S/C21H28N2S/c1-4-17-9-13-20(14-10-17)23-21(24)22-15-5-6-18-7-11-19(12-8-18)16(2)3/h7-14,16H,4-6,15H2,1-3H3,(H2,22,23,24). The lowest BCUT2D eigenvalue weighted by molar-refractivity contribution is 0.776. The van der Waals surface area contributed by atoms with Gasteiger partial charge in [0, 0.05) is 12.2 Å². The first kappa shape index (κ1) is 18.5. The molecule has 3 heteroatoms. The van der Waals surface area contributed by atoms with Crippen LogP contribution in [-0.4, -0.2) is 11.7 Å². The van der Waals surface area contributed by atoms with E-state index < -0.39 is 0 Å². The number of hydrogen-bond acceptors (Lipinski definition) is 1. The lowest BCUT2D eigenvalue weighted by Gasteiger charge is -2.11. The van der Waals surface area contributed by atoms with Crippen LogP contribution in [0.2, 0.25) is 0 Å². The van der Waals surface area contributed by atoms with E-state index in [1.807, 2.05) is 0 Å². The maximum absolute atomic E-state index is 5.35. The minimum Gasteiger partial charge on any atom is -0.362 e. The molecule has 0 saturated heterocycles. The topological polar surface area (TPSA) is 24.1 Å². The van der Waals surface area contributed by atoms with Crippen LogP contribution in [0.15, 0.2) is 48.5 Å². The summed E-state index contributed by atoms with van der Waals surface area (Å²) in [6, 6.07) is 17.4. The first-order chi connectivity index (χ1) is 11.6. The minimum absolute atomic E-state index is 0.593. The highest BCUT2D eigenvalue weighted by Gasteiger charge is 2.00. The number of hydrogen-bond donors (Lipinski definition) is 2. The molecule has 2 aromatic rings. The van der Waals surface area contributed by atoms with Gasteiger partial charge in [0.1, 0.15) is 0 Å². The van der Waals surface area contributed by atoms with Crippen molar-refractivity contribution in [2.75, 3.05) is 11.9 Å². The van der Waals surface area contributed by atoms with E-state index in [9.17, 15) is 0 Å². The van der Waals surface area contributed by atoms with Crippen LogP contribution in [0.4, 0.5) is 5.69 Å². The molecule has 0 bridgehead atoms. The fourth-order valence-corrected chi connectivity index (χ4v) is 2.78. The third-order valence-electron chi connectivity index (χ3n) is 4.19. The van der Waals surface area contributed by atoms with Crippen molar-refractivity contribution in [3.8, 4) is 0 Å². The molecule has 0 aliphatic rings. The Kier molecular flexibility index (Phi) is 7.26. The van der Waals surface area contributed by atoms with Crippen LogP contribution in [0.1, 0.15) is 49.8 Å². The van der Waals surface area contributed by atoms with Crippen molar-refractivity contribution in [2.45, 2.75) is 46.0 Å². The van der Waals surface area contributed by atoms with Gasteiger partial charge in [0.05, 0.1) is 0 Å². The summed E-state index contributed by atoms with van der Waals surface area (Å²) in [6.07, 6.45) is 3.19. The summed E-state index contributed by atoms with van der Waals surface area (Å²) in [7, 11) is 0. The zero-order valence-corrected chi connectivity index (χ0v) is 15.7. The highest BCUT2D eigenvalue weighted by Crippen LogP contribution is 2.15. The van der Waals surface area contributed by atoms with Gasteiger partial charge in [-0.1, -0.05) is 57.2 Å². The largest absolute Gasteiger partial charge is 0.362 e. The molecule has 0 aliphatic heterocycles. The number of aryl methyl sites for hydroxylation is 2. The van der Waals surface area contributed by atoms with Gasteiger partial charge >= 0.3 is 0 Å². The maximum Gasteiger partial charge on any atom is 0.170 e. The van der Waals surface area contributed by atoms with E-state index in [0.717, 1.165) is 31.5 Å². The third-order valence-corrected chi connectivity index (χ3v) is 4.44. The molecule has 2 aromatic carbocycles. The molecule has 0 spiro atoms. The van der Waals surface area contributed by atoms with Gasteiger partial charge < -0.3 is 10.6 Å². The normalized spacial score (nSPS) is 10.7. The zero-order valence-electron chi connectivity index (χ0n) is 14.9. The summed E-state index contributed by atoms with van der Waals surface area (Å²) in [5, 5.41) is 7.20. The highest BCUT2D eigenvalue weighted by atomic mass is 32.1. The average Bonchev–Trinajstić information content (AvgIpc) is 2.60. The van der Waals surface area contributed by atoms with Gasteiger partial charge in [-0.2, -0.15) is 0 Å². The van der Waals surface area contributed by atoms with Crippen LogP contribution in [-0.2, 0) is 12.8 Å². The quantitative estimate of drug-likeness (QED) is 0.529. The second kappa shape index (κ2) is 9.43. The molecule has 0 aromatic heterocycles. The molecule has 2 rings (SSSR count). The Labute approximate surface area is 151 Å². The fraction of sp³-hybridized carbons (Fsp3) is 0.381. The Morgan fingerprint density at radius 2 is 1.58 bits per heavy atom. The van der Waals surface area contributed by atoms with E-state index in [4.69, 9.17) is 12.2 Å². The van der Waals surface area contributed by atoms with Crippen LogP contribution in [0.25, 0.3) is 0 Å². The second-order valence-electron chi connectivity index (χ2n) is 6.43. The van der Waals surface area contributed by atoms with Crippen LogP contribution >= 0.6 is 12.2 Å². The van der Waals surface area contributed by atoms with Gasteiger partial charge in [0.25, 0.3) is 0 Å². The molecule has 0 amide bonds.